The number of rotatable bonds is 12. The molecule has 1 atom stereocenters. The summed E-state index contributed by atoms with van der Waals surface area (Å²) >= 11 is 12.5. The standard InChI is InChI=1S/C25H28Cl2F3N5O2/c1-34(2)14-19(36)15-37-20-7-5-18(6-8-20)33-23-13-24(32-16-31-23)35(11-3-10-25(28,29)30)22-12-17(26)4-9-21(22)27/h4-9,12-13,16,19,36H,3,10-11,14-15H2,1-2H3,(H,31,32,33). The zero-order valence-electron chi connectivity index (χ0n) is 20.3. The summed E-state index contributed by atoms with van der Waals surface area (Å²) < 4.78 is 44.0. The number of halogens is 5. The Hall–Kier alpha value is -2.79. The van der Waals surface area contributed by atoms with Crippen molar-refractivity contribution < 1.29 is 23.0 Å². The van der Waals surface area contributed by atoms with E-state index < -0.39 is 18.7 Å². The number of likely N-dealkylation sites (N-methyl/N-ethyl adjacent to an activating group) is 1. The van der Waals surface area contributed by atoms with Crippen LogP contribution in [0.1, 0.15) is 12.8 Å². The Kier molecular flexibility index (Phi) is 10.2. The first-order valence-electron chi connectivity index (χ1n) is 11.4. The molecule has 7 nitrogen and oxygen atoms in total. The van der Waals surface area contributed by atoms with Gasteiger partial charge in [-0.3, -0.25) is 0 Å². The number of hydrogen-bond donors (Lipinski definition) is 2. The van der Waals surface area contributed by atoms with E-state index in [2.05, 4.69) is 15.3 Å². The number of nitrogens with zero attached hydrogens (tertiary/aromatic N) is 4. The second-order valence-corrected chi connectivity index (χ2v) is 9.45. The monoisotopic (exact) mass is 557 g/mol. The minimum absolute atomic E-state index is 0.0156. The van der Waals surface area contributed by atoms with E-state index in [9.17, 15) is 18.3 Å². The third-order valence-corrected chi connectivity index (χ3v) is 5.67. The second kappa shape index (κ2) is 13.1. The summed E-state index contributed by atoms with van der Waals surface area (Å²) in [7, 11) is 3.74. The lowest BCUT2D eigenvalue weighted by atomic mass is 10.2. The van der Waals surface area contributed by atoms with Crippen molar-refractivity contribution in [1.82, 2.24) is 14.9 Å². The molecule has 1 heterocycles. The maximum Gasteiger partial charge on any atom is 0.389 e. The van der Waals surface area contributed by atoms with Crippen molar-refractivity contribution in [1.29, 1.82) is 0 Å². The van der Waals surface area contributed by atoms with Crippen molar-refractivity contribution >= 4 is 46.2 Å². The van der Waals surface area contributed by atoms with Crippen LogP contribution in [0.3, 0.4) is 0 Å². The number of alkyl halides is 3. The van der Waals surface area contributed by atoms with Crippen molar-refractivity contribution in [3.05, 3.63) is 64.9 Å². The summed E-state index contributed by atoms with van der Waals surface area (Å²) in [6.45, 7) is 0.668. The summed E-state index contributed by atoms with van der Waals surface area (Å²) in [5.41, 5.74) is 1.15. The first-order chi connectivity index (χ1) is 17.5. The number of benzene rings is 2. The van der Waals surface area contributed by atoms with Gasteiger partial charge in [0.2, 0.25) is 0 Å². The van der Waals surface area contributed by atoms with Crippen LogP contribution in [0, 0.1) is 0 Å². The summed E-state index contributed by atoms with van der Waals surface area (Å²) in [5, 5.41) is 13.8. The molecule has 2 aromatic carbocycles. The van der Waals surface area contributed by atoms with Gasteiger partial charge < -0.3 is 25.0 Å². The molecule has 3 rings (SSSR count). The zero-order chi connectivity index (χ0) is 27.0. The highest BCUT2D eigenvalue weighted by Crippen LogP contribution is 2.35. The van der Waals surface area contributed by atoms with Crippen molar-refractivity contribution in [2.45, 2.75) is 25.1 Å². The molecule has 0 radical (unpaired) electrons. The highest BCUT2D eigenvalue weighted by Gasteiger charge is 2.27. The molecular weight excluding hydrogens is 530 g/mol. The third-order valence-electron chi connectivity index (χ3n) is 5.12. The molecular formula is C25H28Cl2F3N5O2. The number of aliphatic hydroxyl groups excluding tert-OH is 1. The normalized spacial score (nSPS) is 12.5. The number of anilines is 4. The molecule has 12 heteroatoms. The molecule has 0 bridgehead atoms. The Labute approximate surface area is 223 Å². The van der Waals surface area contributed by atoms with Gasteiger partial charge in [0.15, 0.2) is 0 Å². The number of aliphatic hydroxyl groups is 1. The van der Waals surface area contributed by atoms with Crippen molar-refractivity contribution in [3.63, 3.8) is 0 Å². The SMILES string of the molecule is CN(C)CC(O)COc1ccc(Nc2cc(N(CCCC(F)(F)F)c3cc(Cl)ccc3Cl)ncn2)cc1. The topological polar surface area (TPSA) is 73.8 Å². The first kappa shape index (κ1) is 28.8. The average molecular weight is 558 g/mol. The molecule has 37 heavy (non-hydrogen) atoms. The third kappa shape index (κ3) is 9.55. The van der Waals surface area contributed by atoms with Crippen LogP contribution in [0.2, 0.25) is 10.0 Å². The van der Waals surface area contributed by atoms with Gasteiger partial charge in [-0.15, -0.1) is 0 Å². The first-order valence-corrected chi connectivity index (χ1v) is 12.2. The predicted octanol–water partition coefficient (Wildman–Crippen LogP) is 6.31. The van der Waals surface area contributed by atoms with Crippen molar-refractivity contribution in [2.24, 2.45) is 0 Å². The number of ether oxygens (including phenoxy) is 1. The molecule has 1 unspecified atom stereocenters. The van der Waals surface area contributed by atoms with Gasteiger partial charge in [0.05, 0.1) is 10.7 Å². The van der Waals surface area contributed by atoms with Crippen LogP contribution in [-0.4, -0.2) is 66.0 Å². The quantitative estimate of drug-likeness (QED) is 0.270. The molecule has 2 N–H and O–H groups in total. The van der Waals surface area contributed by atoms with E-state index in [4.69, 9.17) is 27.9 Å². The Bertz CT molecular complexity index is 1150. The summed E-state index contributed by atoms with van der Waals surface area (Å²) in [4.78, 5) is 11.9. The van der Waals surface area contributed by atoms with E-state index in [1.165, 1.54) is 6.33 Å². The molecule has 0 aliphatic heterocycles. The van der Waals surface area contributed by atoms with Gasteiger partial charge in [-0.1, -0.05) is 23.2 Å². The molecule has 200 valence electrons. The van der Waals surface area contributed by atoms with Crippen LogP contribution < -0.4 is 15.0 Å². The lowest BCUT2D eigenvalue weighted by Gasteiger charge is -2.25. The van der Waals surface area contributed by atoms with E-state index in [-0.39, 0.29) is 19.6 Å². The highest BCUT2D eigenvalue weighted by molar-refractivity contribution is 6.35. The zero-order valence-corrected chi connectivity index (χ0v) is 21.9. The van der Waals surface area contributed by atoms with Crippen molar-refractivity contribution in [3.8, 4) is 5.75 Å². The number of nitrogens with one attached hydrogen (secondary N) is 1. The van der Waals surface area contributed by atoms with Gasteiger partial charge in [0, 0.05) is 36.3 Å². The minimum atomic E-state index is -4.28. The molecule has 1 aromatic heterocycles. The smallest absolute Gasteiger partial charge is 0.389 e. The number of aromatic nitrogens is 2. The van der Waals surface area contributed by atoms with Gasteiger partial charge in [-0.25, -0.2) is 9.97 Å². The van der Waals surface area contributed by atoms with E-state index >= 15 is 0 Å². The predicted molar refractivity (Wildman–Crippen MR) is 141 cm³/mol. The van der Waals surface area contributed by atoms with E-state index in [0.29, 0.717) is 45.4 Å². The maximum atomic E-state index is 12.8. The van der Waals surface area contributed by atoms with E-state index in [1.807, 2.05) is 19.0 Å². The fraction of sp³-hybridized carbons (Fsp3) is 0.360. The van der Waals surface area contributed by atoms with Crippen LogP contribution in [0.15, 0.2) is 54.9 Å². The van der Waals surface area contributed by atoms with Crippen LogP contribution in [0.4, 0.5) is 36.2 Å². The van der Waals surface area contributed by atoms with E-state index in [1.54, 1.807) is 53.4 Å². The van der Waals surface area contributed by atoms with Crippen LogP contribution in [0.25, 0.3) is 0 Å². The van der Waals surface area contributed by atoms with Crippen molar-refractivity contribution in [2.75, 3.05) is 44.0 Å². The molecule has 0 amide bonds. The van der Waals surface area contributed by atoms with E-state index in [0.717, 1.165) is 0 Å². The minimum Gasteiger partial charge on any atom is -0.491 e. The lowest BCUT2D eigenvalue weighted by molar-refractivity contribution is -0.134. The highest BCUT2D eigenvalue weighted by atomic mass is 35.5. The number of hydrogen-bond acceptors (Lipinski definition) is 7. The fourth-order valence-electron chi connectivity index (χ4n) is 3.50. The maximum absolute atomic E-state index is 12.8. The summed E-state index contributed by atoms with van der Waals surface area (Å²) in [6, 6.07) is 13.5. The molecule has 0 spiro atoms. The average Bonchev–Trinajstić information content (AvgIpc) is 2.82. The van der Waals surface area contributed by atoms with Crippen LogP contribution in [-0.2, 0) is 0 Å². The van der Waals surface area contributed by atoms with Gasteiger partial charge in [0.1, 0.15) is 36.4 Å². The Balaban J connectivity index is 1.74. The van der Waals surface area contributed by atoms with Gasteiger partial charge >= 0.3 is 6.18 Å². The van der Waals surface area contributed by atoms with Gasteiger partial charge in [-0.2, -0.15) is 13.2 Å². The molecule has 0 saturated heterocycles. The fourth-order valence-corrected chi connectivity index (χ4v) is 3.89. The largest absolute Gasteiger partial charge is 0.491 e. The van der Waals surface area contributed by atoms with Gasteiger partial charge in [0.25, 0.3) is 0 Å². The molecule has 3 aromatic rings. The molecule has 0 aliphatic rings. The summed E-state index contributed by atoms with van der Waals surface area (Å²) in [5.74, 6) is 1.39. The Morgan fingerprint density at radius 1 is 1.05 bits per heavy atom. The van der Waals surface area contributed by atoms with Gasteiger partial charge in [-0.05, 0) is 63.0 Å². The lowest BCUT2D eigenvalue weighted by Crippen LogP contribution is -2.30. The molecule has 0 aliphatic carbocycles. The Morgan fingerprint density at radius 3 is 2.46 bits per heavy atom. The van der Waals surface area contributed by atoms with Crippen LogP contribution >= 0.6 is 23.2 Å². The molecule has 0 fully saturated rings. The molecule has 0 saturated carbocycles. The van der Waals surface area contributed by atoms with Crippen LogP contribution in [0.5, 0.6) is 5.75 Å². The summed E-state index contributed by atoms with van der Waals surface area (Å²) in [6.07, 6.45) is -4.68. The second-order valence-electron chi connectivity index (χ2n) is 8.60. The Morgan fingerprint density at radius 2 is 1.78 bits per heavy atom.